The van der Waals surface area contributed by atoms with Crippen molar-refractivity contribution < 1.29 is 9.47 Å². The molecule has 0 unspecified atom stereocenters. The quantitative estimate of drug-likeness (QED) is 0.830. The molecule has 1 N–H and O–H groups in total. The van der Waals surface area contributed by atoms with Crippen LogP contribution < -0.4 is 14.8 Å². The molecule has 0 fully saturated rings. The van der Waals surface area contributed by atoms with Crippen LogP contribution in [0.1, 0.15) is 13.8 Å². The molecule has 2 aromatic rings. The van der Waals surface area contributed by atoms with E-state index in [0.29, 0.717) is 6.61 Å². The van der Waals surface area contributed by atoms with Crippen LogP contribution in [0.3, 0.4) is 0 Å². The molecule has 0 atom stereocenters. The molecule has 3 heteroatoms. The van der Waals surface area contributed by atoms with E-state index >= 15 is 0 Å². The molecule has 0 aromatic heterocycles. The van der Waals surface area contributed by atoms with E-state index in [2.05, 4.69) is 19.2 Å². The van der Waals surface area contributed by atoms with E-state index in [1.165, 1.54) is 0 Å². The fraction of sp³-hybridized carbons (Fsp3) is 0.333. The Morgan fingerprint density at radius 3 is 2.05 bits per heavy atom. The number of benzene rings is 2. The topological polar surface area (TPSA) is 30.5 Å². The van der Waals surface area contributed by atoms with Gasteiger partial charge in [0, 0.05) is 12.0 Å². The summed E-state index contributed by atoms with van der Waals surface area (Å²) in [4.78, 5) is 0. The second kappa shape index (κ2) is 7.14. The highest BCUT2D eigenvalue weighted by atomic mass is 16.5. The molecule has 0 aliphatic carbocycles. The third-order valence-electron chi connectivity index (χ3n) is 3.09. The lowest BCUT2D eigenvalue weighted by Gasteiger charge is -2.24. The van der Waals surface area contributed by atoms with Crippen molar-refractivity contribution in [2.45, 2.75) is 13.8 Å². The summed E-state index contributed by atoms with van der Waals surface area (Å²) in [7, 11) is 1.96. The minimum Gasteiger partial charge on any atom is -0.493 e. The summed E-state index contributed by atoms with van der Waals surface area (Å²) in [6.45, 7) is 5.95. The predicted molar refractivity (Wildman–Crippen MR) is 86.2 cm³/mol. The Morgan fingerprint density at radius 1 is 0.857 bits per heavy atom. The maximum Gasteiger partial charge on any atom is 0.127 e. The van der Waals surface area contributed by atoms with Crippen LogP contribution in [0.2, 0.25) is 0 Å². The van der Waals surface area contributed by atoms with Gasteiger partial charge in [-0.25, -0.2) is 0 Å². The highest BCUT2D eigenvalue weighted by molar-refractivity contribution is 5.35. The van der Waals surface area contributed by atoms with Crippen molar-refractivity contribution >= 4 is 0 Å². The van der Waals surface area contributed by atoms with E-state index in [1.54, 1.807) is 0 Å². The molecule has 0 aliphatic heterocycles. The first kappa shape index (κ1) is 15.4. The Morgan fingerprint density at radius 2 is 1.43 bits per heavy atom. The summed E-state index contributed by atoms with van der Waals surface area (Å²) in [6.07, 6.45) is 0. The van der Waals surface area contributed by atoms with Crippen molar-refractivity contribution in [2.75, 3.05) is 20.2 Å². The van der Waals surface area contributed by atoms with Crippen LogP contribution in [0.25, 0.3) is 0 Å². The maximum atomic E-state index is 5.83. The summed E-state index contributed by atoms with van der Waals surface area (Å²) in [5.74, 6) is 2.50. The number of hydrogen-bond donors (Lipinski definition) is 1. The summed E-state index contributed by atoms with van der Waals surface area (Å²) in [6, 6.07) is 17.5. The first-order valence-corrected chi connectivity index (χ1v) is 7.19. The smallest absolute Gasteiger partial charge is 0.127 e. The van der Waals surface area contributed by atoms with Crippen molar-refractivity contribution in [1.29, 1.82) is 0 Å². The minimum atomic E-state index is 0.105. The van der Waals surface area contributed by atoms with Crippen LogP contribution in [-0.4, -0.2) is 20.2 Å². The van der Waals surface area contributed by atoms with Gasteiger partial charge in [0.05, 0.1) is 6.61 Å². The second-order valence-electron chi connectivity index (χ2n) is 5.87. The molecule has 0 heterocycles. The molecule has 0 radical (unpaired) electrons. The van der Waals surface area contributed by atoms with Gasteiger partial charge in [-0.1, -0.05) is 32.0 Å². The SMILES string of the molecule is CNCC(C)(C)COc1ccc(Oc2ccccc2)cc1. The fourth-order valence-corrected chi connectivity index (χ4v) is 2.04. The summed E-state index contributed by atoms with van der Waals surface area (Å²) in [5, 5.41) is 3.18. The van der Waals surface area contributed by atoms with Gasteiger partial charge >= 0.3 is 0 Å². The van der Waals surface area contributed by atoms with E-state index in [9.17, 15) is 0 Å². The van der Waals surface area contributed by atoms with E-state index < -0.39 is 0 Å². The zero-order chi connectivity index (χ0) is 15.1. The summed E-state index contributed by atoms with van der Waals surface area (Å²) in [5.41, 5.74) is 0.105. The third kappa shape index (κ3) is 5.12. The Hall–Kier alpha value is -2.00. The van der Waals surface area contributed by atoms with Crippen LogP contribution >= 0.6 is 0 Å². The fourth-order valence-electron chi connectivity index (χ4n) is 2.04. The van der Waals surface area contributed by atoms with Crippen molar-refractivity contribution in [3.63, 3.8) is 0 Å². The number of nitrogens with one attached hydrogen (secondary N) is 1. The average molecular weight is 285 g/mol. The van der Waals surface area contributed by atoms with E-state index in [0.717, 1.165) is 23.8 Å². The normalized spacial score (nSPS) is 11.2. The molecule has 0 amide bonds. The molecule has 0 saturated carbocycles. The van der Waals surface area contributed by atoms with Gasteiger partial charge in [0.2, 0.25) is 0 Å². The molecule has 0 saturated heterocycles. The first-order chi connectivity index (χ1) is 10.1. The number of ether oxygens (including phenoxy) is 2. The lowest BCUT2D eigenvalue weighted by molar-refractivity contribution is 0.179. The molecule has 0 spiro atoms. The van der Waals surface area contributed by atoms with Crippen LogP contribution in [0.15, 0.2) is 54.6 Å². The predicted octanol–water partition coefficient (Wildman–Crippen LogP) is 4.10. The highest BCUT2D eigenvalue weighted by Crippen LogP contribution is 2.24. The Labute approximate surface area is 126 Å². The number of para-hydroxylation sites is 1. The van der Waals surface area contributed by atoms with Gasteiger partial charge in [-0.15, -0.1) is 0 Å². The van der Waals surface area contributed by atoms with Crippen LogP contribution in [0.4, 0.5) is 0 Å². The molecule has 2 rings (SSSR count). The average Bonchev–Trinajstić information content (AvgIpc) is 2.48. The van der Waals surface area contributed by atoms with Gasteiger partial charge in [-0.05, 0) is 43.4 Å². The summed E-state index contributed by atoms with van der Waals surface area (Å²) >= 11 is 0. The standard InChI is InChI=1S/C18H23NO2/c1-18(2,13-19-3)14-20-15-9-11-17(12-10-15)21-16-7-5-4-6-8-16/h4-12,19H,13-14H2,1-3H3. The number of hydrogen-bond acceptors (Lipinski definition) is 3. The van der Waals surface area contributed by atoms with Crippen LogP contribution in [-0.2, 0) is 0 Å². The van der Waals surface area contributed by atoms with Crippen molar-refractivity contribution in [1.82, 2.24) is 5.32 Å². The van der Waals surface area contributed by atoms with Crippen molar-refractivity contribution in [3.8, 4) is 17.2 Å². The van der Waals surface area contributed by atoms with Gasteiger partial charge < -0.3 is 14.8 Å². The van der Waals surface area contributed by atoms with E-state index in [-0.39, 0.29) is 5.41 Å². The van der Waals surface area contributed by atoms with Gasteiger partial charge in [0.15, 0.2) is 0 Å². The number of rotatable bonds is 7. The summed E-state index contributed by atoms with van der Waals surface area (Å²) < 4.78 is 11.6. The molecule has 21 heavy (non-hydrogen) atoms. The molecular weight excluding hydrogens is 262 g/mol. The Bertz CT molecular complexity index is 535. The van der Waals surface area contributed by atoms with Gasteiger partial charge in [-0.2, -0.15) is 0 Å². The molecule has 0 bridgehead atoms. The zero-order valence-corrected chi connectivity index (χ0v) is 12.9. The molecule has 0 aliphatic rings. The highest BCUT2D eigenvalue weighted by Gasteiger charge is 2.17. The van der Waals surface area contributed by atoms with Gasteiger partial charge in [-0.3, -0.25) is 0 Å². The third-order valence-corrected chi connectivity index (χ3v) is 3.09. The zero-order valence-electron chi connectivity index (χ0n) is 12.9. The van der Waals surface area contributed by atoms with Crippen molar-refractivity contribution in [2.24, 2.45) is 5.41 Å². The molecule has 2 aromatic carbocycles. The Balaban J connectivity index is 1.90. The van der Waals surface area contributed by atoms with Crippen LogP contribution in [0.5, 0.6) is 17.2 Å². The van der Waals surface area contributed by atoms with E-state index in [1.807, 2.05) is 61.6 Å². The van der Waals surface area contributed by atoms with Gasteiger partial charge in [0.25, 0.3) is 0 Å². The Kier molecular flexibility index (Phi) is 5.23. The lowest BCUT2D eigenvalue weighted by atomic mass is 9.95. The lowest BCUT2D eigenvalue weighted by Crippen LogP contribution is -2.32. The first-order valence-electron chi connectivity index (χ1n) is 7.19. The molecular formula is C18H23NO2. The second-order valence-corrected chi connectivity index (χ2v) is 5.87. The largest absolute Gasteiger partial charge is 0.493 e. The van der Waals surface area contributed by atoms with Gasteiger partial charge in [0.1, 0.15) is 17.2 Å². The van der Waals surface area contributed by atoms with Crippen LogP contribution in [0, 0.1) is 5.41 Å². The maximum absolute atomic E-state index is 5.83. The monoisotopic (exact) mass is 285 g/mol. The van der Waals surface area contributed by atoms with Crippen molar-refractivity contribution in [3.05, 3.63) is 54.6 Å². The molecule has 3 nitrogen and oxygen atoms in total. The van der Waals surface area contributed by atoms with E-state index in [4.69, 9.17) is 9.47 Å². The minimum absolute atomic E-state index is 0.105. The molecule has 112 valence electrons.